The third kappa shape index (κ3) is 14.1. The number of phenolic OH excluding ortho intramolecular Hbond substituents is 1. The number of carbonyl (C=O) groups is 1. The number of phenols is 1. The summed E-state index contributed by atoms with van der Waals surface area (Å²) in [6.45, 7) is -2.29. The van der Waals surface area contributed by atoms with Gasteiger partial charge in [0.25, 0.3) is 26.1 Å². The monoisotopic (exact) mass is 1050 g/mol. The Labute approximate surface area is 381 Å². The van der Waals surface area contributed by atoms with Crippen LogP contribution in [0.15, 0.2) is 126 Å². The largest absolute Gasteiger partial charge is 0.505 e. The minimum atomic E-state index is -5.35. The Hall–Kier alpha value is -5.91. The number of nitrogens with zero attached hydrogens (tertiary/aromatic N) is 5. The van der Waals surface area contributed by atoms with Gasteiger partial charge in [-0.05, 0) is 72.1 Å². The number of nitrogen functional groups attached to an aromatic ring is 1. The number of rotatable bonds is 20. The number of hydrogen-bond acceptors (Lipinski definition) is 21. The number of carbonyl (C=O) groups excluding carboxylic acids is 1. The molecule has 32 heteroatoms. The molecule has 0 atom stereocenters. The van der Waals surface area contributed by atoms with Gasteiger partial charge in [-0.15, -0.1) is 10.2 Å². The summed E-state index contributed by atoms with van der Waals surface area (Å²) >= 11 is 0. The van der Waals surface area contributed by atoms with Crippen LogP contribution >= 0.6 is 0 Å². The second kappa shape index (κ2) is 20.1. The molecule has 0 saturated carbocycles. The lowest BCUT2D eigenvalue weighted by atomic mass is 10.1. The quantitative estimate of drug-likeness (QED) is 0.0365. The molecule has 0 aliphatic carbocycles. The normalized spacial score (nSPS) is 13.1. The zero-order valence-electron chi connectivity index (χ0n) is 33.5. The van der Waals surface area contributed by atoms with E-state index < -0.39 is 147 Å². The number of hydrogen-bond donors (Lipinski definition) is 6. The molecule has 26 nitrogen and oxygen atoms in total. The van der Waals surface area contributed by atoms with E-state index in [2.05, 4.69) is 28.8 Å². The van der Waals surface area contributed by atoms with Crippen molar-refractivity contribution in [2.24, 2.45) is 20.5 Å². The molecular formula is C35H34N6O20S6. The fraction of sp³-hybridized carbons (Fsp3) is 0.171. The molecule has 0 heterocycles. The lowest BCUT2D eigenvalue weighted by molar-refractivity contribution is 0.0988. The van der Waals surface area contributed by atoms with E-state index in [1.165, 1.54) is 30.3 Å². The van der Waals surface area contributed by atoms with Gasteiger partial charge in [-0.25, -0.2) is 25.2 Å². The van der Waals surface area contributed by atoms with Crippen LogP contribution in [0.2, 0.25) is 0 Å². The highest BCUT2D eigenvalue weighted by Gasteiger charge is 2.29. The molecule has 0 bridgehead atoms. The SMILES string of the molecule is Nc1c(N=Nc2ccc(S(=O)(=O)CCOS(=O)(=O)O)cc2)c(S(=O)(=O)O)cc2cc(S(=O)(=O)O)c(N=Nc3cccc(C(=O)N(CCS(=O)(=O)CCOS(=O)(=O)O)c4ccccc4)c3)c(O)c12. The highest BCUT2D eigenvalue weighted by atomic mass is 32.3. The molecule has 0 unspecified atom stereocenters. The topological polar surface area (TPSA) is 420 Å². The number of benzene rings is 5. The van der Waals surface area contributed by atoms with Crippen LogP contribution in [-0.4, -0.2) is 117 Å². The van der Waals surface area contributed by atoms with Crippen molar-refractivity contribution in [3.8, 4) is 5.75 Å². The van der Waals surface area contributed by atoms with Crippen LogP contribution in [0.4, 0.5) is 34.1 Å². The summed E-state index contributed by atoms with van der Waals surface area (Å²) in [5.74, 6) is -4.33. The molecule has 5 aromatic carbocycles. The fourth-order valence-electron chi connectivity index (χ4n) is 5.82. The van der Waals surface area contributed by atoms with Gasteiger partial charge in [0.1, 0.15) is 21.2 Å². The molecule has 0 fully saturated rings. The summed E-state index contributed by atoms with van der Waals surface area (Å²) in [7, 11) is -28.7. The number of para-hydroxylation sites is 1. The first-order valence-electron chi connectivity index (χ1n) is 18.1. The van der Waals surface area contributed by atoms with Crippen LogP contribution in [-0.2, 0) is 69.1 Å². The lowest BCUT2D eigenvalue weighted by Crippen LogP contribution is -2.36. The van der Waals surface area contributed by atoms with Crippen LogP contribution in [0.3, 0.4) is 0 Å². The van der Waals surface area contributed by atoms with Gasteiger partial charge in [0.15, 0.2) is 25.4 Å². The second-order valence-corrected chi connectivity index (χ2v) is 22.8. The summed E-state index contributed by atoms with van der Waals surface area (Å²) in [4.78, 5) is 12.3. The Morgan fingerprint density at radius 1 is 0.597 bits per heavy atom. The first-order valence-corrected chi connectivity index (χ1v) is 27.2. The van der Waals surface area contributed by atoms with Crippen LogP contribution in [0.25, 0.3) is 10.8 Å². The molecule has 0 saturated heterocycles. The van der Waals surface area contributed by atoms with Crippen molar-refractivity contribution in [3.63, 3.8) is 0 Å². The van der Waals surface area contributed by atoms with Gasteiger partial charge >= 0.3 is 20.8 Å². The number of azo groups is 2. The molecule has 0 aliphatic heterocycles. The highest BCUT2D eigenvalue weighted by Crippen LogP contribution is 2.48. The highest BCUT2D eigenvalue weighted by molar-refractivity contribution is 7.91. The Kier molecular flexibility index (Phi) is 15.6. The number of fused-ring (bicyclic) bond motifs is 1. The maximum atomic E-state index is 13.9. The van der Waals surface area contributed by atoms with Gasteiger partial charge in [0.05, 0.1) is 57.8 Å². The van der Waals surface area contributed by atoms with Crippen molar-refractivity contribution >= 4 is 112 Å². The minimum absolute atomic E-state index is 0.135. The number of sulfone groups is 2. The van der Waals surface area contributed by atoms with E-state index in [0.29, 0.717) is 12.1 Å². The van der Waals surface area contributed by atoms with Crippen LogP contribution in [0.1, 0.15) is 10.4 Å². The number of anilines is 2. The first-order chi connectivity index (χ1) is 31.0. The molecule has 7 N–H and O–H groups in total. The molecular weight excluding hydrogens is 1020 g/mol. The van der Waals surface area contributed by atoms with E-state index in [-0.39, 0.29) is 27.5 Å². The zero-order valence-corrected chi connectivity index (χ0v) is 38.4. The number of amides is 1. The van der Waals surface area contributed by atoms with Gasteiger partial charge in [-0.1, -0.05) is 24.3 Å². The van der Waals surface area contributed by atoms with E-state index in [4.69, 9.17) is 14.8 Å². The number of aromatic hydroxyl groups is 1. The molecule has 5 aromatic rings. The van der Waals surface area contributed by atoms with E-state index in [1.807, 2.05) is 0 Å². The molecule has 0 spiro atoms. The van der Waals surface area contributed by atoms with E-state index in [1.54, 1.807) is 18.2 Å². The zero-order chi connectivity index (χ0) is 49.8. The third-order valence-electron chi connectivity index (χ3n) is 8.84. The van der Waals surface area contributed by atoms with Crippen molar-refractivity contribution in [1.82, 2.24) is 0 Å². The summed E-state index contributed by atoms with van der Waals surface area (Å²) in [5.41, 5.74) is 3.42. The van der Waals surface area contributed by atoms with Crippen molar-refractivity contribution in [2.75, 3.05) is 47.7 Å². The molecule has 0 aliphatic rings. The minimum Gasteiger partial charge on any atom is -0.505 e. The first kappa shape index (κ1) is 52.1. The van der Waals surface area contributed by atoms with Gasteiger partial charge < -0.3 is 15.7 Å². The lowest BCUT2D eigenvalue weighted by Gasteiger charge is -2.23. The third-order valence-corrected chi connectivity index (χ3v) is 14.8. The predicted molar refractivity (Wildman–Crippen MR) is 235 cm³/mol. The molecule has 0 radical (unpaired) electrons. The maximum absolute atomic E-state index is 13.9. The average molecular weight is 1050 g/mol. The van der Waals surface area contributed by atoms with Crippen molar-refractivity contribution < 1.29 is 87.0 Å². The summed E-state index contributed by atoms with van der Waals surface area (Å²) < 4.78 is 190. The summed E-state index contributed by atoms with van der Waals surface area (Å²) in [6.07, 6.45) is 0. The Morgan fingerprint density at radius 2 is 1.13 bits per heavy atom. The van der Waals surface area contributed by atoms with Gasteiger partial charge in [-0.2, -0.15) is 43.9 Å². The smallest absolute Gasteiger partial charge is 0.397 e. The molecule has 5 rings (SSSR count). The summed E-state index contributed by atoms with van der Waals surface area (Å²) in [6, 6.07) is 18.1. The van der Waals surface area contributed by atoms with Crippen molar-refractivity contribution in [1.29, 1.82) is 0 Å². The fourth-order valence-corrected chi connectivity index (χ4v) is 10.0. The van der Waals surface area contributed by atoms with Crippen LogP contribution in [0, 0.1) is 0 Å². The Morgan fingerprint density at radius 3 is 1.70 bits per heavy atom. The van der Waals surface area contributed by atoms with Gasteiger partial charge in [0, 0.05) is 17.8 Å². The van der Waals surface area contributed by atoms with Crippen molar-refractivity contribution in [2.45, 2.75) is 14.7 Å². The van der Waals surface area contributed by atoms with Crippen LogP contribution < -0.4 is 10.6 Å². The molecule has 1 amide bonds. The Balaban J connectivity index is 1.52. The Bertz CT molecular complexity index is 3480. The van der Waals surface area contributed by atoms with Gasteiger partial charge in [-0.3, -0.25) is 23.0 Å². The maximum Gasteiger partial charge on any atom is 0.397 e. The van der Waals surface area contributed by atoms with E-state index in [0.717, 1.165) is 35.2 Å². The molecule has 360 valence electrons. The standard InChI is InChI=1S/C35H34N6O20S6/c36-31-30-23(20-28(64(48,49)50)32(31)39-37-24-9-11-27(12-10-24)63(46,47)18-15-61-67(57,58)59)21-29(65(51,52)53)33(34(30)42)40-38-25-6-4-5-22(19-25)35(43)41(26-7-2-1-3-8-26)13-16-62(44,45)17-14-60-66(54,55)56/h1-12,19-21,42H,13-18,36H2,(H,48,49,50)(H,51,52,53)(H,54,55,56)(H,57,58,59). The number of nitrogens with two attached hydrogens (primary N) is 1. The predicted octanol–water partition coefficient (Wildman–Crippen LogP) is 3.93. The van der Waals surface area contributed by atoms with E-state index in [9.17, 15) is 69.5 Å². The average Bonchev–Trinajstić information content (AvgIpc) is 3.21. The summed E-state index contributed by atoms with van der Waals surface area (Å²) in [5, 5.41) is 25.7. The van der Waals surface area contributed by atoms with E-state index >= 15 is 0 Å². The molecule has 67 heavy (non-hydrogen) atoms. The second-order valence-electron chi connectivity index (χ2n) is 13.5. The van der Waals surface area contributed by atoms with Gasteiger partial charge in [0.2, 0.25) is 0 Å². The molecule has 0 aromatic heterocycles. The van der Waals surface area contributed by atoms with Crippen LogP contribution in [0.5, 0.6) is 5.75 Å². The van der Waals surface area contributed by atoms with Crippen molar-refractivity contribution in [3.05, 3.63) is 96.6 Å².